The molecule has 1 unspecified atom stereocenters. The first-order valence-electron chi connectivity index (χ1n) is 7.71. The van der Waals surface area contributed by atoms with Crippen LogP contribution in [0.3, 0.4) is 0 Å². The van der Waals surface area contributed by atoms with Gasteiger partial charge >= 0.3 is 33.0 Å². The molecule has 10 heteroatoms. The molecule has 1 aliphatic heterocycles. The van der Waals surface area contributed by atoms with E-state index in [2.05, 4.69) is 66.7 Å². The molecule has 1 atom stereocenters. The third-order valence-electron chi connectivity index (χ3n) is 3.41. The molecule has 4 rings (SSSR count). The molecule has 0 aliphatic carbocycles. The van der Waals surface area contributed by atoms with Gasteiger partial charge in [-0.15, -0.1) is 0 Å². The van der Waals surface area contributed by atoms with Crippen molar-refractivity contribution in [3.05, 3.63) is 77.8 Å². The minimum absolute atomic E-state index is 0.0735. The zero-order valence-electron chi connectivity index (χ0n) is 13.8. The first kappa shape index (κ1) is 21.4. The van der Waals surface area contributed by atoms with Crippen molar-refractivity contribution < 1.29 is 25.2 Å². The van der Waals surface area contributed by atoms with Crippen molar-refractivity contribution in [1.29, 1.82) is 0 Å². The number of rotatable bonds is 1. The molecule has 0 saturated heterocycles. The molecule has 0 fully saturated rings. The molecular formula is C18H12ClF6PS2. The van der Waals surface area contributed by atoms with Gasteiger partial charge in [-0.2, -0.15) is 0 Å². The van der Waals surface area contributed by atoms with E-state index in [9.17, 15) is 25.2 Å². The Morgan fingerprint density at radius 1 is 0.679 bits per heavy atom. The van der Waals surface area contributed by atoms with Gasteiger partial charge in [-0.05, 0) is 36.4 Å². The Kier molecular flexibility index (Phi) is 5.24. The average molecular weight is 473 g/mol. The first-order chi connectivity index (χ1) is 12.8. The van der Waals surface area contributed by atoms with Crippen LogP contribution >= 0.6 is 31.2 Å². The molecule has 1 heterocycles. The van der Waals surface area contributed by atoms with Gasteiger partial charge in [0.2, 0.25) is 0 Å². The van der Waals surface area contributed by atoms with E-state index in [0.29, 0.717) is 0 Å². The third-order valence-corrected chi connectivity index (χ3v) is 7.64. The van der Waals surface area contributed by atoms with Crippen LogP contribution in [0.2, 0.25) is 5.02 Å². The van der Waals surface area contributed by atoms with Gasteiger partial charge in [0.05, 0.1) is 14.8 Å². The summed E-state index contributed by atoms with van der Waals surface area (Å²) in [6, 6.07) is 25.6. The summed E-state index contributed by atoms with van der Waals surface area (Å²) in [5, 5.41) is 0.848. The van der Waals surface area contributed by atoms with Gasteiger partial charge in [-0.25, -0.2) is 0 Å². The van der Waals surface area contributed by atoms with Crippen molar-refractivity contribution in [3.63, 3.8) is 0 Å². The van der Waals surface area contributed by atoms with Crippen LogP contribution in [0.25, 0.3) is 0 Å². The number of benzene rings is 3. The molecule has 3 aromatic rings. The van der Waals surface area contributed by atoms with Gasteiger partial charge in [-0.1, -0.05) is 59.8 Å². The third kappa shape index (κ3) is 6.08. The molecule has 1 aliphatic rings. The van der Waals surface area contributed by atoms with Crippen molar-refractivity contribution in [2.45, 2.75) is 24.5 Å². The van der Waals surface area contributed by atoms with Gasteiger partial charge in [-0.3, -0.25) is 0 Å². The van der Waals surface area contributed by atoms with Crippen LogP contribution in [0.4, 0.5) is 25.2 Å². The zero-order valence-corrected chi connectivity index (χ0v) is 17.1. The summed E-state index contributed by atoms with van der Waals surface area (Å²) in [5.74, 6) is 0. The molecule has 28 heavy (non-hydrogen) atoms. The minimum atomic E-state index is -10.7. The average Bonchev–Trinajstić information content (AvgIpc) is 2.58. The van der Waals surface area contributed by atoms with Crippen molar-refractivity contribution in [2.24, 2.45) is 0 Å². The summed E-state index contributed by atoms with van der Waals surface area (Å²) < 4.78 is 59.2. The predicted molar refractivity (Wildman–Crippen MR) is 104 cm³/mol. The number of hydrogen-bond acceptors (Lipinski definition) is 1. The molecule has 3 aromatic carbocycles. The Balaban J connectivity index is 0.000000279. The van der Waals surface area contributed by atoms with Crippen LogP contribution in [0.15, 0.2) is 97.3 Å². The molecule has 0 nitrogen and oxygen atoms in total. The van der Waals surface area contributed by atoms with Crippen molar-refractivity contribution in [2.75, 3.05) is 0 Å². The molecule has 0 bridgehead atoms. The SMILES string of the molecule is Clc1cccc2c1Sc1ccccc1[S+]2c1ccccc1.F[P-](F)(F)(F)(F)F. The van der Waals surface area contributed by atoms with E-state index in [1.54, 1.807) is 11.8 Å². The van der Waals surface area contributed by atoms with E-state index in [1.807, 2.05) is 6.07 Å². The Hall–Kier alpha value is -1.34. The number of hydrogen-bond donors (Lipinski definition) is 0. The summed E-state index contributed by atoms with van der Waals surface area (Å²) in [6.07, 6.45) is 0. The Morgan fingerprint density at radius 3 is 1.86 bits per heavy atom. The maximum atomic E-state index is 9.87. The summed E-state index contributed by atoms with van der Waals surface area (Å²) in [6.45, 7) is 0. The van der Waals surface area contributed by atoms with Crippen LogP contribution in [0, 0.1) is 0 Å². The van der Waals surface area contributed by atoms with Crippen LogP contribution in [0.5, 0.6) is 0 Å². The Bertz CT molecular complexity index is 999. The predicted octanol–water partition coefficient (Wildman–Crippen LogP) is 9.28. The van der Waals surface area contributed by atoms with Crippen LogP contribution < -0.4 is 0 Å². The fourth-order valence-corrected chi connectivity index (χ4v) is 6.62. The molecule has 0 amide bonds. The van der Waals surface area contributed by atoms with Gasteiger partial charge in [0.1, 0.15) is 10.9 Å². The Morgan fingerprint density at radius 2 is 1.21 bits per heavy atom. The molecular weight excluding hydrogens is 461 g/mol. The summed E-state index contributed by atoms with van der Waals surface area (Å²) in [4.78, 5) is 6.57. The second kappa shape index (κ2) is 6.87. The molecule has 0 aromatic heterocycles. The van der Waals surface area contributed by atoms with E-state index in [4.69, 9.17) is 11.6 Å². The fourth-order valence-electron chi connectivity index (χ4n) is 2.49. The second-order valence-electron chi connectivity index (χ2n) is 5.69. The van der Waals surface area contributed by atoms with Crippen LogP contribution in [0.1, 0.15) is 0 Å². The molecule has 0 radical (unpaired) electrons. The van der Waals surface area contributed by atoms with Gasteiger partial charge in [0.15, 0.2) is 14.7 Å². The molecule has 0 N–H and O–H groups in total. The van der Waals surface area contributed by atoms with E-state index < -0.39 is 7.81 Å². The van der Waals surface area contributed by atoms with Crippen molar-refractivity contribution in [3.8, 4) is 0 Å². The second-order valence-corrected chi connectivity index (χ2v) is 11.0. The zero-order chi connectivity index (χ0) is 20.6. The molecule has 150 valence electrons. The quantitative estimate of drug-likeness (QED) is 0.151. The van der Waals surface area contributed by atoms with Crippen LogP contribution in [-0.2, 0) is 10.9 Å². The molecule has 0 saturated carbocycles. The van der Waals surface area contributed by atoms with E-state index in [0.717, 1.165) is 5.02 Å². The number of halogens is 7. The van der Waals surface area contributed by atoms with E-state index in [-0.39, 0.29) is 10.9 Å². The standard InChI is InChI=1S/C18H12ClS2.F6P/c19-14-9-6-12-17-18(14)20-15-10-4-5-11-16(15)21(17)13-7-2-1-3-8-13;1-7(2,3,4,5)6/h1-12H;/q+1;-1. The van der Waals surface area contributed by atoms with E-state index >= 15 is 0 Å². The summed E-state index contributed by atoms with van der Waals surface area (Å²) in [7, 11) is -10.7. The molecule has 0 spiro atoms. The van der Waals surface area contributed by atoms with Gasteiger partial charge in [0, 0.05) is 0 Å². The van der Waals surface area contributed by atoms with Gasteiger partial charge in [0.25, 0.3) is 0 Å². The van der Waals surface area contributed by atoms with E-state index in [1.165, 1.54) is 24.5 Å². The fraction of sp³-hybridized carbons (Fsp3) is 0. The maximum absolute atomic E-state index is 10.7. The summed E-state index contributed by atoms with van der Waals surface area (Å²) in [5.41, 5.74) is 0. The Labute approximate surface area is 169 Å². The normalized spacial score (nSPS) is 17.9. The number of fused-ring (bicyclic) bond motifs is 2. The van der Waals surface area contributed by atoms with Crippen LogP contribution in [-0.4, -0.2) is 0 Å². The van der Waals surface area contributed by atoms with Gasteiger partial charge < -0.3 is 0 Å². The van der Waals surface area contributed by atoms with Crippen molar-refractivity contribution in [1.82, 2.24) is 0 Å². The first-order valence-corrected chi connectivity index (χ1v) is 12.2. The summed E-state index contributed by atoms with van der Waals surface area (Å²) >= 11 is 8.23. The monoisotopic (exact) mass is 472 g/mol. The topological polar surface area (TPSA) is 0 Å². The van der Waals surface area contributed by atoms with Crippen molar-refractivity contribution >= 4 is 42.1 Å².